The Morgan fingerprint density at radius 2 is 1.83 bits per heavy atom. The molecule has 2 aromatic heterocycles. The predicted molar refractivity (Wildman–Crippen MR) is 149 cm³/mol. The lowest BCUT2D eigenvalue weighted by Crippen LogP contribution is -2.49. The highest BCUT2D eigenvalue weighted by atomic mass is 19.4. The molecule has 0 radical (unpaired) electrons. The Balaban J connectivity index is 1.38. The van der Waals surface area contributed by atoms with Crippen molar-refractivity contribution in [2.75, 3.05) is 19.0 Å². The molecule has 2 aromatic carbocycles. The molecule has 12 nitrogen and oxygen atoms in total. The van der Waals surface area contributed by atoms with E-state index in [1.807, 2.05) is 0 Å². The van der Waals surface area contributed by atoms with Crippen molar-refractivity contribution in [2.45, 2.75) is 44.8 Å². The Morgan fingerprint density at radius 1 is 1.09 bits per heavy atom. The Bertz CT molecular complexity index is 1770. The van der Waals surface area contributed by atoms with Gasteiger partial charge in [0, 0.05) is 31.8 Å². The van der Waals surface area contributed by atoms with Crippen molar-refractivity contribution >= 4 is 34.2 Å². The number of anilines is 1. The van der Waals surface area contributed by atoms with Crippen molar-refractivity contribution in [3.63, 3.8) is 0 Å². The Hall–Kier alpha value is -5.19. The summed E-state index contributed by atoms with van der Waals surface area (Å²) in [6, 6.07) is 7.38. The van der Waals surface area contributed by atoms with E-state index in [4.69, 9.17) is 9.47 Å². The van der Waals surface area contributed by atoms with E-state index in [2.05, 4.69) is 25.1 Å². The number of ketones is 1. The van der Waals surface area contributed by atoms with Crippen molar-refractivity contribution in [3.8, 4) is 11.5 Å². The van der Waals surface area contributed by atoms with E-state index in [1.165, 1.54) is 11.6 Å². The number of hydrogen-bond donors (Lipinski definition) is 1. The van der Waals surface area contributed by atoms with Crippen LogP contribution in [0.1, 0.15) is 23.2 Å². The smallest absolute Gasteiger partial charge is 0.486 e. The summed E-state index contributed by atoms with van der Waals surface area (Å²) in [6.07, 6.45) is -5.42. The molecule has 0 unspecified atom stereocenters. The van der Waals surface area contributed by atoms with Gasteiger partial charge in [-0.2, -0.15) is 5.10 Å². The van der Waals surface area contributed by atoms with Crippen molar-refractivity contribution in [2.24, 2.45) is 0 Å². The van der Waals surface area contributed by atoms with Crippen molar-refractivity contribution < 1.29 is 50.5 Å². The number of amides is 2. The molecule has 1 saturated heterocycles. The lowest BCUT2D eigenvalue weighted by molar-refractivity contribution is -0.275. The number of fused-ring (bicyclic) bond motifs is 1. The summed E-state index contributed by atoms with van der Waals surface area (Å²) in [4.78, 5) is 48.3. The molecular weight excluding hydrogens is 623 g/mol. The third-order valence-corrected chi connectivity index (χ3v) is 7.01. The molecule has 0 saturated carbocycles. The van der Waals surface area contributed by atoms with Crippen LogP contribution in [0.5, 0.6) is 11.5 Å². The van der Waals surface area contributed by atoms with Crippen molar-refractivity contribution in [1.29, 1.82) is 0 Å². The number of carbonyl (C=O) groups is 3. The maximum atomic E-state index is 15.0. The molecule has 0 bridgehead atoms. The van der Waals surface area contributed by atoms with Gasteiger partial charge in [0.05, 0.1) is 17.7 Å². The van der Waals surface area contributed by atoms with Gasteiger partial charge < -0.3 is 24.4 Å². The first kappa shape index (κ1) is 32.2. The summed E-state index contributed by atoms with van der Waals surface area (Å²) in [7, 11) is 1.10. The van der Waals surface area contributed by atoms with E-state index in [0.717, 1.165) is 24.1 Å². The first-order chi connectivity index (χ1) is 21.9. The zero-order valence-corrected chi connectivity index (χ0v) is 24.1. The van der Waals surface area contributed by atoms with Crippen LogP contribution in [0.2, 0.25) is 0 Å². The van der Waals surface area contributed by atoms with Crippen LogP contribution in [0.4, 0.5) is 27.6 Å². The number of rotatable bonds is 10. The fourth-order valence-electron chi connectivity index (χ4n) is 5.02. The second kappa shape index (κ2) is 13.0. The van der Waals surface area contributed by atoms with E-state index >= 15 is 4.39 Å². The molecule has 3 atom stereocenters. The number of hydrogen-bond acceptors (Lipinski definition) is 9. The zero-order chi connectivity index (χ0) is 33.2. The summed E-state index contributed by atoms with van der Waals surface area (Å²) in [5.41, 5.74) is -0.322. The van der Waals surface area contributed by atoms with Crippen LogP contribution in [0.3, 0.4) is 0 Å². The van der Waals surface area contributed by atoms with Gasteiger partial charge in [-0.1, -0.05) is 6.07 Å². The molecule has 1 fully saturated rings. The van der Waals surface area contributed by atoms with E-state index in [9.17, 15) is 31.9 Å². The normalized spacial score (nSPS) is 18.1. The number of nitrogens with zero attached hydrogens (tertiary/aromatic N) is 5. The molecule has 46 heavy (non-hydrogen) atoms. The zero-order valence-electron chi connectivity index (χ0n) is 24.1. The first-order valence-corrected chi connectivity index (χ1v) is 13.6. The Morgan fingerprint density at radius 3 is 2.50 bits per heavy atom. The molecule has 1 aliphatic heterocycles. The first-order valence-electron chi connectivity index (χ1n) is 13.6. The molecule has 4 aromatic rings. The van der Waals surface area contributed by atoms with Crippen LogP contribution >= 0.6 is 0 Å². The van der Waals surface area contributed by atoms with Crippen LogP contribution in [-0.4, -0.2) is 80.6 Å². The Kier molecular flexibility index (Phi) is 9.13. The van der Waals surface area contributed by atoms with E-state index in [0.29, 0.717) is 28.5 Å². The molecule has 242 valence electrons. The SMILES string of the molecule is CO[C@H]1[C@@H](C(=O)Nc2cccc(OC(F)(F)F)c2F)N(C(=O)Cn2nc(C(C)=O)c3cc(OCc4ncccn4)ccc32)C[C@@H]1F. The monoisotopic (exact) mass is 648 g/mol. The maximum absolute atomic E-state index is 15.0. The number of alkyl halides is 4. The van der Waals surface area contributed by atoms with Crippen LogP contribution in [-0.2, 0) is 27.5 Å². The highest BCUT2D eigenvalue weighted by Crippen LogP contribution is 2.32. The summed E-state index contributed by atoms with van der Waals surface area (Å²) in [5, 5.41) is 6.72. The fraction of sp³-hybridized carbons (Fsp3) is 0.310. The number of likely N-dealkylation sites (tertiary alicyclic amines) is 1. The second-order valence-electron chi connectivity index (χ2n) is 10.1. The number of methoxy groups -OCH3 is 1. The summed E-state index contributed by atoms with van der Waals surface area (Å²) in [6.45, 7) is 0.192. The standard InChI is InChI=1S/C29H25F5N6O6/c1-15(41)25-17-11-16(45-14-22-35-9-4-10-36-22)7-8-20(17)40(38-25)13-23(42)39-12-18(30)27(44-2)26(39)28(43)37-19-5-3-6-21(24(19)31)46-29(32,33)34/h3-11,18,26-27H,12-14H2,1-2H3,(H,37,43)/t18-,26-,27+/m0/s1. The van der Waals surface area contributed by atoms with Gasteiger partial charge in [-0.15, -0.1) is 13.2 Å². The van der Waals surface area contributed by atoms with Gasteiger partial charge in [0.1, 0.15) is 42.9 Å². The van der Waals surface area contributed by atoms with Crippen LogP contribution in [0.15, 0.2) is 54.9 Å². The Labute approximate surface area is 257 Å². The summed E-state index contributed by atoms with van der Waals surface area (Å²) < 4.78 is 83.5. The number of benzene rings is 2. The largest absolute Gasteiger partial charge is 0.573 e. The highest BCUT2D eigenvalue weighted by Gasteiger charge is 2.49. The molecular formula is C29H25F5N6O6. The summed E-state index contributed by atoms with van der Waals surface area (Å²) >= 11 is 0. The van der Waals surface area contributed by atoms with Gasteiger partial charge >= 0.3 is 6.36 Å². The van der Waals surface area contributed by atoms with Gasteiger partial charge in [-0.05, 0) is 36.4 Å². The molecule has 17 heteroatoms. The average molecular weight is 649 g/mol. The van der Waals surface area contributed by atoms with E-state index < -0.39 is 72.6 Å². The quantitative estimate of drug-likeness (QED) is 0.201. The minimum atomic E-state index is -5.20. The third-order valence-electron chi connectivity index (χ3n) is 7.01. The number of Topliss-reactive ketones (excluding diaryl/α,β-unsaturated/α-hetero) is 1. The maximum Gasteiger partial charge on any atom is 0.573 e. The average Bonchev–Trinajstić information content (AvgIpc) is 3.55. The van der Waals surface area contributed by atoms with Gasteiger partial charge in [0.25, 0.3) is 0 Å². The number of ether oxygens (including phenoxy) is 3. The van der Waals surface area contributed by atoms with E-state index in [1.54, 1.807) is 36.7 Å². The molecule has 2 amide bonds. The van der Waals surface area contributed by atoms with Gasteiger partial charge in [-0.3, -0.25) is 19.1 Å². The summed E-state index contributed by atoms with van der Waals surface area (Å²) in [5.74, 6) is -4.30. The fourth-order valence-corrected chi connectivity index (χ4v) is 5.02. The lowest BCUT2D eigenvalue weighted by atomic mass is 10.1. The molecule has 1 N–H and O–H groups in total. The molecule has 0 aliphatic carbocycles. The lowest BCUT2D eigenvalue weighted by Gasteiger charge is -2.26. The topological polar surface area (TPSA) is 138 Å². The molecule has 5 rings (SSSR count). The molecule has 0 spiro atoms. The van der Waals surface area contributed by atoms with E-state index in [-0.39, 0.29) is 12.3 Å². The van der Waals surface area contributed by atoms with Crippen LogP contribution in [0, 0.1) is 5.82 Å². The molecule has 1 aliphatic rings. The second-order valence-corrected chi connectivity index (χ2v) is 10.1. The third kappa shape index (κ3) is 6.88. The van der Waals surface area contributed by atoms with Gasteiger partial charge in [-0.25, -0.2) is 18.7 Å². The number of halogens is 5. The number of carbonyl (C=O) groups excluding carboxylic acids is 3. The number of nitrogens with one attached hydrogen (secondary N) is 1. The van der Waals surface area contributed by atoms with Gasteiger partial charge in [0.2, 0.25) is 11.8 Å². The predicted octanol–water partition coefficient (Wildman–Crippen LogP) is 3.85. The number of aromatic nitrogens is 4. The van der Waals surface area contributed by atoms with Gasteiger partial charge in [0.15, 0.2) is 23.2 Å². The van der Waals surface area contributed by atoms with Crippen LogP contribution in [0.25, 0.3) is 10.9 Å². The van der Waals surface area contributed by atoms with Crippen molar-refractivity contribution in [3.05, 3.63) is 72.2 Å². The van der Waals surface area contributed by atoms with Crippen LogP contribution < -0.4 is 14.8 Å². The minimum Gasteiger partial charge on any atom is -0.486 e. The molecule has 3 heterocycles. The van der Waals surface area contributed by atoms with Crippen molar-refractivity contribution in [1.82, 2.24) is 24.6 Å². The highest BCUT2D eigenvalue weighted by molar-refractivity contribution is 6.05. The minimum absolute atomic E-state index is 0.0227.